The van der Waals surface area contributed by atoms with Crippen LogP contribution in [0.5, 0.6) is 0 Å². The molecule has 1 fully saturated rings. The van der Waals surface area contributed by atoms with E-state index in [0.717, 1.165) is 5.69 Å². The van der Waals surface area contributed by atoms with Gasteiger partial charge in [0.05, 0.1) is 6.33 Å². The maximum Gasteiger partial charge on any atom is 0.254 e. The molecule has 1 aromatic heterocycles. The third-order valence-corrected chi connectivity index (χ3v) is 4.58. The van der Waals surface area contributed by atoms with Crippen molar-refractivity contribution in [1.29, 1.82) is 0 Å². The number of nitrogens with zero attached hydrogens (tertiary/aromatic N) is 3. The van der Waals surface area contributed by atoms with E-state index in [-0.39, 0.29) is 17.6 Å². The topological polar surface area (TPSA) is 67.2 Å². The van der Waals surface area contributed by atoms with Crippen LogP contribution in [0.2, 0.25) is 0 Å². The Labute approximate surface area is 155 Å². The first-order chi connectivity index (χ1) is 13.1. The summed E-state index contributed by atoms with van der Waals surface area (Å²) < 4.78 is 15.1. The highest BCUT2D eigenvalue weighted by atomic mass is 19.1. The Bertz CT molecular complexity index is 953. The van der Waals surface area contributed by atoms with Crippen LogP contribution in [0.15, 0.2) is 67.3 Å². The minimum atomic E-state index is -0.778. The van der Waals surface area contributed by atoms with Crippen molar-refractivity contribution >= 4 is 11.8 Å². The van der Waals surface area contributed by atoms with Crippen LogP contribution in [0, 0.1) is 5.82 Å². The highest BCUT2D eigenvalue weighted by molar-refractivity contribution is 5.98. The van der Waals surface area contributed by atoms with Crippen LogP contribution < -0.4 is 5.32 Å². The molecule has 1 N–H and O–H groups in total. The molecular formula is C20H17FN4O2. The standard InChI is InChI=1S/C20H17FN4O2/c21-16-5-1-14(2-6-16)18-19(26)23-10-12-25(18)20(27)15-3-7-17(8-4-15)24-11-9-22-13-24/h1-9,11,13,18H,10,12H2,(H,23,26)/t18-/m1/s1. The lowest BCUT2D eigenvalue weighted by molar-refractivity contribution is -0.128. The summed E-state index contributed by atoms with van der Waals surface area (Å²) in [5.74, 6) is -0.893. The predicted molar refractivity (Wildman–Crippen MR) is 96.8 cm³/mol. The predicted octanol–water partition coefficient (Wildman–Crippen LogP) is 2.32. The lowest BCUT2D eigenvalue weighted by Crippen LogP contribution is -2.52. The van der Waals surface area contributed by atoms with E-state index in [4.69, 9.17) is 0 Å². The molecule has 0 unspecified atom stereocenters. The molecular weight excluding hydrogens is 347 g/mol. The largest absolute Gasteiger partial charge is 0.352 e. The second-order valence-electron chi connectivity index (χ2n) is 6.26. The molecule has 0 spiro atoms. The minimum absolute atomic E-state index is 0.239. The third-order valence-electron chi connectivity index (χ3n) is 4.58. The van der Waals surface area contributed by atoms with Crippen LogP contribution in [0.4, 0.5) is 4.39 Å². The summed E-state index contributed by atoms with van der Waals surface area (Å²) in [6, 6.07) is 12.0. The molecule has 3 aromatic rings. The fourth-order valence-electron chi connectivity index (χ4n) is 3.22. The number of piperazine rings is 1. The van der Waals surface area contributed by atoms with E-state index in [1.807, 2.05) is 22.9 Å². The lowest BCUT2D eigenvalue weighted by atomic mass is 10.0. The van der Waals surface area contributed by atoms with Gasteiger partial charge in [-0.05, 0) is 42.0 Å². The Morgan fingerprint density at radius 2 is 1.85 bits per heavy atom. The van der Waals surface area contributed by atoms with Crippen LogP contribution in [0.25, 0.3) is 5.69 Å². The average Bonchev–Trinajstić information content (AvgIpc) is 3.23. The number of aromatic nitrogens is 2. The number of imidazole rings is 1. The molecule has 0 aliphatic carbocycles. The van der Waals surface area contributed by atoms with Crippen molar-refractivity contribution in [3.8, 4) is 5.69 Å². The molecule has 0 bridgehead atoms. The van der Waals surface area contributed by atoms with Gasteiger partial charge in [0.1, 0.15) is 11.9 Å². The molecule has 1 atom stereocenters. The summed E-state index contributed by atoms with van der Waals surface area (Å²) in [7, 11) is 0. The summed E-state index contributed by atoms with van der Waals surface area (Å²) in [6.45, 7) is 0.769. The third kappa shape index (κ3) is 3.31. The van der Waals surface area contributed by atoms with E-state index < -0.39 is 6.04 Å². The summed E-state index contributed by atoms with van der Waals surface area (Å²) in [4.78, 5) is 31.0. The zero-order valence-corrected chi connectivity index (χ0v) is 14.4. The van der Waals surface area contributed by atoms with Gasteiger partial charge in [-0.15, -0.1) is 0 Å². The van der Waals surface area contributed by atoms with Crippen LogP contribution >= 0.6 is 0 Å². The molecule has 6 nitrogen and oxygen atoms in total. The quantitative estimate of drug-likeness (QED) is 0.776. The number of hydrogen-bond acceptors (Lipinski definition) is 3. The Kier molecular flexibility index (Phi) is 4.42. The lowest BCUT2D eigenvalue weighted by Gasteiger charge is -2.35. The van der Waals surface area contributed by atoms with Crippen molar-refractivity contribution in [3.63, 3.8) is 0 Å². The van der Waals surface area contributed by atoms with Gasteiger partial charge in [0, 0.05) is 36.7 Å². The minimum Gasteiger partial charge on any atom is -0.352 e. The van der Waals surface area contributed by atoms with Crippen molar-refractivity contribution in [2.75, 3.05) is 13.1 Å². The number of amides is 2. The monoisotopic (exact) mass is 364 g/mol. The molecule has 1 aliphatic heterocycles. The second-order valence-corrected chi connectivity index (χ2v) is 6.26. The smallest absolute Gasteiger partial charge is 0.254 e. The molecule has 4 rings (SSSR count). The van der Waals surface area contributed by atoms with Crippen molar-refractivity contribution in [2.24, 2.45) is 0 Å². The molecule has 0 radical (unpaired) electrons. The summed E-state index contributed by atoms with van der Waals surface area (Å²) in [6.07, 6.45) is 5.17. The summed E-state index contributed by atoms with van der Waals surface area (Å²) in [5.41, 5.74) is 1.95. The second kappa shape index (κ2) is 7.03. The molecule has 0 saturated carbocycles. The van der Waals surface area contributed by atoms with Gasteiger partial charge in [0.2, 0.25) is 5.91 Å². The van der Waals surface area contributed by atoms with Gasteiger partial charge in [0.15, 0.2) is 0 Å². The molecule has 2 amide bonds. The Morgan fingerprint density at radius 3 is 2.52 bits per heavy atom. The molecule has 2 heterocycles. The van der Waals surface area contributed by atoms with E-state index in [0.29, 0.717) is 24.2 Å². The van der Waals surface area contributed by atoms with Crippen LogP contribution in [0.3, 0.4) is 0 Å². The SMILES string of the molecule is O=C1NCCN(C(=O)c2ccc(-n3ccnc3)cc2)[C@@H]1c1ccc(F)cc1. The van der Waals surface area contributed by atoms with E-state index in [1.54, 1.807) is 24.7 Å². The van der Waals surface area contributed by atoms with Crippen molar-refractivity contribution in [2.45, 2.75) is 6.04 Å². The number of carbonyl (C=O) groups is 2. The normalized spacial score (nSPS) is 16.9. The van der Waals surface area contributed by atoms with Crippen molar-refractivity contribution < 1.29 is 14.0 Å². The molecule has 1 saturated heterocycles. The summed E-state index contributed by atoms with van der Waals surface area (Å²) >= 11 is 0. The zero-order valence-electron chi connectivity index (χ0n) is 14.4. The number of halogens is 1. The van der Waals surface area contributed by atoms with Gasteiger partial charge < -0.3 is 14.8 Å². The molecule has 1 aliphatic rings. The van der Waals surface area contributed by atoms with Gasteiger partial charge in [-0.25, -0.2) is 9.37 Å². The fraction of sp³-hybridized carbons (Fsp3) is 0.150. The van der Waals surface area contributed by atoms with Crippen LogP contribution in [0.1, 0.15) is 22.0 Å². The van der Waals surface area contributed by atoms with Gasteiger partial charge in [-0.1, -0.05) is 12.1 Å². The number of hydrogen-bond donors (Lipinski definition) is 1. The highest BCUT2D eigenvalue weighted by Crippen LogP contribution is 2.25. The fourth-order valence-corrected chi connectivity index (χ4v) is 3.22. The maximum atomic E-state index is 13.2. The van der Waals surface area contributed by atoms with Gasteiger partial charge in [0.25, 0.3) is 5.91 Å². The van der Waals surface area contributed by atoms with E-state index in [1.165, 1.54) is 29.2 Å². The first kappa shape index (κ1) is 17.0. The molecule has 7 heteroatoms. The first-order valence-electron chi connectivity index (χ1n) is 8.56. The number of nitrogens with one attached hydrogen (secondary N) is 1. The van der Waals surface area contributed by atoms with Gasteiger partial charge in [-0.3, -0.25) is 9.59 Å². The van der Waals surface area contributed by atoms with Crippen LogP contribution in [-0.4, -0.2) is 39.4 Å². The molecule has 2 aromatic carbocycles. The first-order valence-corrected chi connectivity index (χ1v) is 8.56. The van der Waals surface area contributed by atoms with E-state index in [2.05, 4.69) is 10.3 Å². The van der Waals surface area contributed by atoms with Crippen molar-refractivity contribution in [1.82, 2.24) is 19.8 Å². The molecule has 27 heavy (non-hydrogen) atoms. The average molecular weight is 364 g/mol. The number of rotatable bonds is 3. The zero-order chi connectivity index (χ0) is 18.8. The highest BCUT2D eigenvalue weighted by Gasteiger charge is 2.34. The Hall–Kier alpha value is -3.48. The van der Waals surface area contributed by atoms with E-state index in [9.17, 15) is 14.0 Å². The number of benzene rings is 2. The summed E-state index contributed by atoms with van der Waals surface area (Å²) in [5, 5.41) is 2.77. The van der Waals surface area contributed by atoms with Crippen LogP contribution in [-0.2, 0) is 4.79 Å². The maximum absolute atomic E-state index is 13.2. The molecule has 136 valence electrons. The Morgan fingerprint density at radius 1 is 1.11 bits per heavy atom. The number of carbonyl (C=O) groups excluding carboxylic acids is 2. The van der Waals surface area contributed by atoms with E-state index >= 15 is 0 Å². The van der Waals surface area contributed by atoms with Gasteiger partial charge >= 0.3 is 0 Å². The van der Waals surface area contributed by atoms with Crippen molar-refractivity contribution in [3.05, 3.63) is 84.2 Å². The van der Waals surface area contributed by atoms with Gasteiger partial charge in [-0.2, -0.15) is 0 Å². The Balaban J connectivity index is 1.62.